The van der Waals surface area contributed by atoms with Crippen LogP contribution in [-0.2, 0) is 6.54 Å². The zero-order chi connectivity index (χ0) is 15.8. The van der Waals surface area contributed by atoms with Crippen molar-refractivity contribution >= 4 is 0 Å². The Morgan fingerprint density at radius 1 is 1.17 bits per heavy atom. The first-order chi connectivity index (χ1) is 11.2. The molecule has 2 aliphatic rings. The number of ether oxygens (including phenoxy) is 2. The predicted octanol–water partition coefficient (Wildman–Crippen LogP) is 3.40. The van der Waals surface area contributed by atoms with Crippen LogP contribution in [0.1, 0.15) is 41.5 Å². The SMILES string of the molecule is Cc1noc(C)c1C1CCCN1Cc1ccc2c(c1)OCCO2. The molecule has 0 spiro atoms. The maximum Gasteiger partial charge on any atom is 0.161 e. The van der Waals surface area contributed by atoms with E-state index in [1.807, 2.05) is 19.9 Å². The molecule has 4 rings (SSSR count). The molecule has 0 saturated carbocycles. The minimum Gasteiger partial charge on any atom is -0.486 e. The fourth-order valence-electron chi connectivity index (χ4n) is 3.73. The van der Waals surface area contributed by atoms with Crippen LogP contribution in [0, 0.1) is 13.8 Å². The van der Waals surface area contributed by atoms with Crippen LogP contribution in [0.3, 0.4) is 0 Å². The molecule has 0 radical (unpaired) electrons. The Hall–Kier alpha value is -2.01. The third-order valence-electron chi connectivity index (χ3n) is 4.78. The molecule has 1 aromatic heterocycles. The van der Waals surface area contributed by atoms with E-state index >= 15 is 0 Å². The van der Waals surface area contributed by atoms with Crippen LogP contribution in [0.15, 0.2) is 22.7 Å². The molecule has 1 atom stereocenters. The van der Waals surface area contributed by atoms with Gasteiger partial charge in [0.2, 0.25) is 0 Å². The molecular weight excluding hydrogens is 292 g/mol. The third kappa shape index (κ3) is 2.70. The van der Waals surface area contributed by atoms with E-state index in [9.17, 15) is 0 Å². The Morgan fingerprint density at radius 2 is 2.00 bits per heavy atom. The van der Waals surface area contributed by atoms with Crippen molar-refractivity contribution in [3.8, 4) is 11.5 Å². The molecule has 0 amide bonds. The van der Waals surface area contributed by atoms with Gasteiger partial charge in [-0.25, -0.2) is 0 Å². The minimum absolute atomic E-state index is 0.398. The van der Waals surface area contributed by atoms with Crippen molar-refractivity contribution in [3.05, 3.63) is 40.8 Å². The first-order valence-corrected chi connectivity index (χ1v) is 8.28. The Labute approximate surface area is 136 Å². The first kappa shape index (κ1) is 14.6. The molecule has 5 nitrogen and oxygen atoms in total. The lowest BCUT2D eigenvalue weighted by Crippen LogP contribution is -2.23. The Bertz CT molecular complexity index is 691. The molecule has 1 fully saturated rings. The molecule has 122 valence electrons. The number of hydrogen-bond acceptors (Lipinski definition) is 5. The lowest BCUT2D eigenvalue weighted by Gasteiger charge is -2.25. The van der Waals surface area contributed by atoms with Gasteiger partial charge in [-0.05, 0) is 50.9 Å². The zero-order valence-corrected chi connectivity index (χ0v) is 13.7. The zero-order valence-electron chi connectivity index (χ0n) is 13.7. The van der Waals surface area contributed by atoms with E-state index in [0.717, 1.165) is 42.5 Å². The number of fused-ring (bicyclic) bond motifs is 1. The monoisotopic (exact) mass is 314 g/mol. The average molecular weight is 314 g/mol. The maximum atomic E-state index is 5.70. The van der Waals surface area contributed by atoms with Gasteiger partial charge in [-0.2, -0.15) is 0 Å². The Balaban J connectivity index is 1.56. The second-order valence-electron chi connectivity index (χ2n) is 6.34. The molecule has 0 bridgehead atoms. The third-order valence-corrected chi connectivity index (χ3v) is 4.78. The molecule has 23 heavy (non-hydrogen) atoms. The maximum absolute atomic E-state index is 5.70. The molecule has 2 aliphatic heterocycles. The van der Waals surface area contributed by atoms with Crippen molar-refractivity contribution in [2.45, 2.75) is 39.3 Å². The van der Waals surface area contributed by atoms with Gasteiger partial charge in [0.1, 0.15) is 19.0 Å². The van der Waals surface area contributed by atoms with E-state index in [1.54, 1.807) is 0 Å². The summed E-state index contributed by atoms with van der Waals surface area (Å²) < 4.78 is 16.7. The van der Waals surface area contributed by atoms with Gasteiger partial charge < -0.3 is 14.0 Å². The van der Waals surface area contributed by atoms with Gasteiger partial charge in [0.25, 0.3) is 0 Å². The summed E-state index contributed by atoms with van der Waals surface area (Å²) in [4.78, 5) is 2.51. The lowest BCUT2D eigenvalue weighted by molar-refractivity contribution is 0.171. The van der Waals surface area contributed by atoms with Crippen LogP contribution in [-0.4, -0.2) is 29.8 Å². The van der Waals surface area contributed by atoms with Crippen molar-refractivity contribution in [3.63, 3.8) is 0 Å². The van der Waals surface area contributed by atoms with E-state index < -0.39 is 0 Å². The first-order valence-electron chi connectivity index (χ1n) is 8.28. The molecule has 2 aromatic rings. The van der Waals surface area contributed by atoms with Gasteiger partial charge >= 0.3 is 0 Å². The summed E-state index contributed by atoms with van der Waals surface area (Å²) >= 11 is 0. The van der Waals surface area contributed by atoms with Gasteiger partial charge in [-0.15, -0.1) is 0 Å². The molecule has 0 aliphatic carbocycles. The highest BCUT2D eigenvalue weighted by Crippen LogP contribution is 2.37. The van der Waals surface area contributed by atoms with Gasteiger partial charge in [0.05, 0.1) is 5.69 Å². The molecule has 0 N–H and O–H groups in total. The van der Waals surface area contributed by atoms with E-state index in [1.165, 1.54) is 17.5 Å². The van der Waals surface area contributed by atoms with Gasteiger partial charge in [-0.1, -0.05) is 11.2 Å². The lowest BCUT2D eigenvalue weighted by atomic mass is 10.0. The molecule has 1 saturated heterocycles. The summed E-state index contributed by atoms with van der Waals surface area (Å²) in [6, 6.07) is 6.66. The summed E-state index contributed by atoms with van der Waals surface area (Å²) in [7, 11) is 0. The van der Waals surface area contributed by atoms with Crippen molar-refractivity contribution < 1.29 is 14.0 Å². The summed E-state index contributed by atoms with van der Waals surface area (Å²) in [5.41, 5.74) is 3.54. The molecule has 5 heteroatoms. The summed E-state index contributed by atoms with van der Waals surface area (Å²) in [6.07, 6.45) is 2.37. The van der Waals surface area contributed by atoms with Crippen molar-refractivity contribution in [2.24, 2.45) is 0 Å². The van der Waals surface area contributed by atoms with E-state index in [0.29, 0.717) is 19.3 Å². The number of rotatable bonds is 3. The molecule has 3 heterocycles. The normalized spacial score (nSPS) is 20.9. The van der Waals surface area contributed by atoms with Gasteiger partial charge in [0.15, 0.2) is 11.5 Å². The van der Waals surface area contributed by atoms with E-state index in [2.05, 4.69) is 22.2 Å². The van der Waals surface area contributed by atoms with Crippen LogP contribution in [0.25, 0.3) is 0 Å². The van der Waals surface area contributed by atoms with Crippen LogP contribution in [0.2, 0.25) is 0 Å². The number of nitrogens with zero attached hydrogens (tertiary/aromatic N) is 2. The number of likely N-dealkylation sites (tertiary alicyclic amines) is 1. The van der Waals surface area contributed by atoms with Crippen LogP contribution in [0.4, 0.5) is 0 Å². The summed E-state index contributed by atoms with van der Waals surface area (Å²) in [5, 5.41) is 4.12. The highest BCUT2D eigenvalue weighted by atomic mass is 16.6. The van der Waals surface area contributed by atoms with E-state index in [-0.39, 0.29) is 0 Å². The summed E-state index contributed by atoms with van der Waals surface area (Å²) in [5.74, 6) is 2.66. The Morgan fingerprint density at radius 3 is 2.78 bits per heavy atom. The van der Waals surface area contributed by atoms with Crippen molar-refractivity contribution in [2.75, 3.05) is 19.8 Å². The second kappa shape index (κ2) is 5.89. The standard InChI is InChI=1S/C18H22N2O3/c1-12-18(13(2)23-19-12)15-4-3-7-20(15)11-14-5-6-16-17(10-14)22-9-8-21-16/h5-6,10,15H,3-4,7-9,11H2,1-2H3. The smallest absolute Gasteiger partial charge is 0.161 e. The highest BCUT2D eigenvalue weighted by molar-refractivity contribution is 5.44. The number of benzene rings is 1. The van der Waals surface area contributed by atoms with E-state index in [4.69, 9.17) is 14.0 Å². The summed E-state index contributed by atoms with van der Waals surface area (Å²) in [6.45, 7) is 7.31. The van der Waals surface area contributed by atoms with Crippen molar-refractivity contribution in [1.82, 2.24) is 10.1 Å². The quantitative estimate of drug-likeness (QED) is 0.869. The molecule has 1 aromatic carbocycles. The predicted molar refractivity (Wildman–Crippen MR) is 85.8 cm³/mol. The number of hydrogen-bond donors (Lipinski definition) is 0. The Kier molecular flexibility index (Phi) is 3.73. The van der Waals surface area contributed by atoms with Crippen LogP contribution >= 0.6 is 0 Å². The van der Waals surface area contributed by atoms with Gasteiger partial charge in [-0.3, -0.25) is 4.90 Å². The highest BCUT2D eigenvalue weighted by Gasteiger charge is 2.30. The van der Waals surface area contributed by atoms with Crippen molar-refractivity contribution in [1.29, 1.82) is 0 Å². The topological polar surface area (TPSA) is 47.7 Å². The molecular formula is C18H22N2O3. The fourth-order valence-corrected chi connectivity index (χ4v) is 3.73. The average Bonchev–Trinajstić information content (AvgIpc) is 3.13. The largest absolute Gasteiger partial charge is 0.486 e. The van der Waals surface area contributed by atoms with Crippen LogP contribution < -0.4 is 9.47 Å². The van der Waals surface area contributed by atoms with Gasteiger partial charge in [0, 0.05) is 18.2 Å². The number of aromatic nitrogens is 1. The molecule has 1 unspecified atom stereocenters. The van der Waals surface area contributed by atoms with Crippen LogP contribution in [0.5, 0.6) is 11.5 Å². The minimum atomic E-state index is 0.398. The number of aryl methyl sites for hydroxylation is 2. The fraction of sp³-hybridized carbons (Fsp3) is 0.500. The second-order valence-corrected chi connectivity index (χ2v) is 6.34.